The lowest BCUT2D eigenvalue weighted by molar-refractivity contribution is 0.0594. The second kappa shape index (κ2) is 5.97. The van der Waals surface area contributed by atoms with Gasteiger partial charge < -0.3 is 9.64 Å². The van der Waals surface area contributed by atoms with E-state index < -0.39 is 11.8 Å². The van der Waals surface area contributed by atoms with Crippen molar-refractivity contribution in [3.8, 4) is 0 Å². The third kappa shape index (κ3) is 2.53. The highest BCUT2D eigenvalue weighted by atomic mass is 19.1. The first-order valence-corrected chi connectivity index (χ1v) is 8.24. The number of hydrogen-bond donors (Lipinski definition) is 0. The van der Waals surface area contributed by atoms with Crippen LogP contribution in [-0.2, 0) is 9.53 Å². The van der Waals surface area contributed by atoms with Crippen molar-refractivity contribution >= 4 is 28.9 Å². The molecule has 1 aliphatic carbocycles. The van der Waals surface area contributed by atoms with Gasteiger partial charge in [0.2, 0.25) is 0 Å². The van der Waals surface area contributed by atoms with Crippen molar-refractivity contribution in [2.75, 3.05) is 12.0 Å². The summed E-state index contributed by atoms with van der Waals surface area (Å²) in [6, 6.07) is 4.46. The summed E-state index contributed by atoms with van der Waals surface area (Å²) in [5, 5.41) is 4.40. The maximum absolute atomic E-state index is 13.7. The molecule has 0 spiro atoms. The maximum atomic E-state index is 13.7. The van der Waals surface area contributed by atoms with Gasteiger partial charge in [0.05, 0.1) is 36.3 Å². The fourth-order valence-electron chi connectivity index (χ4n) is 3.18. The molecule has 0 radical (unpaired) electrons. The van der Waals surface area contributed by atoms with Gasteiger partial charge in [-0.25, -0.2) is 14.0 Å². The second-order valence-corrected chi connectivity index (χ2v) is 6.36. The number of anilines is 2. The molecule has 0 saturated heterocycles. The minimum atomic E-state index is -0.549. The number of carbonyl (C=O) groups excluding carboxylic acids is 2. The third-order valence-electron chi connectivity index (χ3n) is 4.56. The number of rotatable bonds is 3. The number of nitrogens with zero attached hydrogens (tertiary/aromatic N) is 3. The van der Waals surface area contributed by atoms with Gasteiger partial charge in [-0.15, -0.1) is 0 Å². The average molecular weight is 353 g/mol. The van der Waals surface area contributed by atoms with Crippen molar-refractivity contribution < 1.29 is 18.7 Å². The topological polar surface area (TPSA) is 64.4 Å². The number of fused-ring (bicyclic) bond motifs is 1. The normalized spacial score (nSPS) is 16.0. The van der Waals surface area contributed by atoms with E-state index in [1.807, 2.05) is 5.94 Å². The average Bonchev–Trinajstić information content (AvgIpc) is 3.40. The van der Waals surface area contributed by atoms with E-state index in [2.05, 4.69) is 5.10 Å². The lowest BCUT2D eigenvalue weighted by Gasteiger charge is -2.30. The molecule has 26 heavy (non-hydrogen) atoms. The minimum absolute atomic E-state index is 0.181. The van der Waals surface area contributed by atoms with E-state index in [1.54, 1.807) is 34.8 Å². The van der Waals surface area contributed by atoms with Crippen LogP contribution in [0.5, 0.6) is 0 Å². The van der Waals surface area contributed by atoms with Crippen molar-refractivity contribution in [1.29, 1.82) is 0 Å². The summed E-state index contributed by atoms with van der Waals surface area (Å²) in [5.74, 6) is 0.855. The van der Waals surface area contributed by atoms with Crippen LogP contribution >= 0.6 is 0 Å². The number of hydrogen-bond acceptors (Lipinski definition) is 5. The summed E-state index contributed by atoms with van der Waals surface area (Å²) in [6.07, 6.45) is 5.43. The number of esters is 1. The van der Waals surface area contributed by atoms with E-state index in [9.17, 15) is 14.0 Å². The lowest BCUT2D eigenvalue weighted by atomic mass is 9.98. The minimum Gasteiger partial charge on any atom is -0.464 e. The standard InChI is InChI=1S/C19H16FN3O3/c1-11-7-12(10-24)15-8-13(20)3-6-16(15)23(11)17-9-22(14-4-5-14)21-18(17)19(25)26-2/h3,6-9,14H,4-5H2,1-2H3. The zero-order chi connectivity index (χ0) is 18.4. The molecule has 6 nitrogen and oxygen atoms in total. The molecule has 4 rings (SSSR count). The number of halogens is 1. The predicted molar refractivity (Wildman–Crippen MR) is 93.2 cm³/mol. The Morgan fingerprint density at radius 2 is 2.12 bits per heavy atom. The number of methoxy groups -OCH3 is 1. The molecule has 0 N–H and O–H groups in total. The summed E-state index contributed by atoms with van der Waals surface area (Å²) in [4.78, 5) is 25.3. The Morgan fingerprint density at radius 3 is 2.77 bits per heavy atom. The molecule has 132 valence electrons. The van der Waals surface area contributed by atoms with Crippen molar-refractivity contribution in [3.63, 3.8) is 0 Å². The van der Waals surface area contributed by atoms with Crippen LogP contribution in [-0.4, -0.2) is 28.8 Å². The molecule has 1 saturated carbocycles. The number of carbonyl (C=O) groups is 1. The number of benzene rings is 1. The van der Waals surface area contributed by atoms with Crippen LogP contribution in [0.4, 0.5) is 15.8 Å². The third-order valence-corrected chi connectivity index (χ3v) is 4.56. The smallest absolute Gasteiger partial charge is 0.360 e. The molecule has 7 heteroatoms. The summed E-state index contributed by atoms with van der Waals surface area (Å²) < 4.78 is 20.4. The fraction of sp³-hybridized carbons (Fsp3) is 0.263. The molecule has 2 heterocycles. The van der Waals surface area contributed by atoms with Crippen LogP contribution in [0.1, 0.15) is 41.9 Å². The Morgan fingerprint density at radius 1 is 1.35 bits per heavy atom. The zero-order valence-corrected chi connectivity index (χ0v) is 14.3. The zero-order valence-electron chi connectivity index (χ0n) is 14.3. The van der Waals surface area contributed by atoms with E-state index in [1.165, 1.54) is 19.2 Å². The molecule has 0 atom stereocenters. The molecule has 1 aromatic heterocycles. The van der Waals surface area contributed by atoms with Gasteiger partial charge in [0, 0.05) is 11.3 Å². The van der Waals surface area contributed by atoms with E-state index in [-0.39, 0.29) is 17.3 Å². The van der Waals surface area contributed by atoms with Crippen LogP contribution in [0.2, 0.25) is 0 Å². The molecule has 1 aromatic carbocycles. The highest BCUT2D eigenvalue weighted by Crippen LogP contribution is 2.43. The molecule has 1 fully saturated rings. The first kappa shape index (κ1) is 16.3. The molecule has 0 bridgehead atoms. The quantitative estimate of drug-likeness (QED) is 0.625. The Labute approximate surface area is 149 Å². The second-order valence-electron chi connectivity index (χ2n) is 6.36. The Bertz CT molecular complexity index is 997. The number of allylic oxidation sites excluding steroid dienone is 3. The molecular formula is C19H16FN3O3. The largest absolute Gasteiger partial charge is 0.464 e. The predicted octanol–water partition coefficient (Wildman–Crippen LogP) is 3.41. The van der Waals surface area contributed by atoms with Crippen molar-refractivity contribution in [2.45, 2.75) is 25.8 Å². The Hall–Kier alpha value is -3.18. The molecule has 1 aliphatic heterocycles. The van der Waals surface area contributed by atoms with Crippen molar-refractivity contribution in [3.05, 3.63) is 53.2 Å². The summed E-state index contributed by atoms with van der Waals surface area (Å²) in [5.41, 5.74) is 2.69. The lowest BCUT2D eigenvalue weighted by Crippen LogP contribution is -2.21. The van der Waals surface area contributed by atoms with Crippen molar-refractivity contribution in [2.24, 2.45) is 0 Å². The Kier molecular flexibility index (Phi) is 3.74. The van der Waals surface area contributed by atoms with Gasteiger partial charge in [-0.1, -0.05) is 0 Å². The first-order chi connectivity index (χ1) is 12.5. The van der Waals surface area contributed by atoms with Crippen LogP contribution < -0.4 is 4.90 Å². The van der Waals surface area contributed by atoms with E-state index >= 15 is 0 Å². The summed E-state index contributed by atoms with van der Waals surface area (Å²) in [6.45, 7) is 1.80. The molecule has 0 unspecified atom stereocenters. The monoisotopic (exact) mass is 353 g/mol. The summed E-state index contributed by atoms with van der Waals surface area (Å²) in [7, 11) is 1.30. The van der Waals surface area contributed by atoms with Gasteiger partial charge in [-0.05, 0) is 44.0 Å². The van der Waals surface area contributed by atoms with Gasteiger partial charge in [-0.3, -0.25) is 4.68 Å². The highest BCUT2D eigenvalue weighted by molar-refractivity contribution is 6.03. The van der Waals surface area contributed by atoms with Crippen molar-refractivity contribution in [1.82, 2.24) is 9.78 Å². The molecular weight excluding hydrogens is 337 g/mol. The van der Waals surface area contributed by atoms with Crippen LogP contribution in [0, 0.1) is 5.82 Å². The van der Waals surface area contributed by atoms with E-state index in [0.29, 0.717) is 22.6 Å². The summed E-state index contributed by atoms with van der Waals surface area (Å²) >= 11 is 0. The van der Waals surface area contributed by atoms with Crippen LogP contribution in [0.3, 0.4) is 0 Å². The van der Waals surface area contributed by atoms with Crippen LogP contribution in [0.25, 0.3) is 5.57 Å². The van der Waals surface area contributed by atoms with Gasteiger partial charge in [0.1, 0.15) is 11.8 Å². The van der Waals surface area contributed by atoms with Gasteiger partial charge in [0.15, 0.2) is 5.69 Å². The highest BCUT2D eigenvalue weighted by Gasteiger charge is 2.32. The van der Waals surface area contributed by atoms with E-state index in [0.717, 1.165) is 12.8 Å². The van der Waals surface area contributed by atoms with Crippen LogP contribution in [0.15, 0.2) is 36.2 Å². The number of aromatic nitrogens is 2. The van der Waals surface area contributed by atoms with E-state index in [4.69, 9.17) is 4.74 Å². The van der Waals surface area contributed by atoms with Gasteiger partial charge in [-0.2, -0.15) is 5.10 Å². The molecule has 2 aromatic rings. The maximum Gasteiger partial charge on any atom is 0.360 e. The first-order valence-electron chi connectivity index (χ1n) is 8.24. The molecule has 2 aliphatic rings. The Balaban J connectivity index is 1.93. The fourth-order valence-corrected chi connectivity index (χ4v) is 3.18. The number of ether oxygens (including phenoxy) is 1. The SMILES string of the molecule is COC(=O)c1nn(C2CC2)cc1N1C(C)=CC(=C=O)c2cc(F)ccc21. The molecule has 0 amide bonds. The van der Waals surface area contributed by atoms with Gasteiger partial charge in [0.25, 0.3) is 0 Å². The van der Waals surface area contributed by atoms with Gasteiger partial charge >= 0.3 is 5.97 Å².